The molecule has 2 bridgehead atoms. The number of piperazine rings is 1. The van der Waals surface area contributed by atoms with Crippen LogP contribution in [-0.2, 0) is 9.59 Å². The maximum absolute atomic E-state index is 17.0. The van der Waals surface area contributed by atoms with Gasteiger partial charge in [0, 0.05) is 80.3 Å². The number of hydrogen-bond donors (Lipinski definition) is 4. The number of rotatable bonds is 12. The molecule has 15 heteroatoms. The molecular formula is C44H52F2N8O5. The molecule has 3 saturated heterocycles. The molecule has 2 aromatic carbocycles. The number of nitrogens with zero attached hydrogens (tertiary/aromatic N) is 6. The quantitative estimate of drug-likeness (QED) is 0.151. The first kappa shape index (κ1) is 40.6. The van der Waals surface area contributed by atoms with Crippen molar-refractivity contribution < 1.29 is 33.3 Å². The van der Waals surface area contributed by atoms with Gasteiger partial charge >= 0.3 is 6.01 Å². The van der Waals surface area contributed by atoms with E-state index in [2.05, 4.69) is 36.3 Å². The Hall–Kier alpha value is -5.17. The summed E-state index contributed by atoms with van der Waals surface area (Å²) < 4.78 is 38.3. The first-order chi connectivity index (χ1) is 28.1. The highest BCUT2D eigenvalue weighted by Gasteiger charge is 2.45. The summed E-state index contributed by atoms with van der Waals surface area (Å²) in [7, 11) is 1.95. The van der Waals surface area contributed by atoms with Crippen LogP contribution < -0.4 is 20.3 Å². The number of fused-ring (bicyclic) bond motifs is 4. The van der Waals surface area contributed by atoms with Crippen LogP contribution >= 0.6 is 0 Å². The van der Waals surface area contributed by atoms with E-state index in [1.165, 1.54) is 30.5 Å². The van der Waals surface area contributed by atoms with Gasteiger partial charge in [0.1, 0.15) is 34.6 Å². The number of phenolic OH excluding ortho intramolecular Hbond substituents is 1. The Balaban J connectivity index is 1.01. The summed E-state index contributed by atoms with van der Waals surface area (Å²) in [5.74, 6) is 0.911. The van der Waals surface area contributed by atoms with Crippen molar-refractivity contribution in [2.24, 2.45) is 10.8 Å². The molecule has 4 fully saturated rings. The molecule has 4 N–H and O–H groups in total. The second-order valence-corrected chi connectivity index (χ2v) is 18.1. The summed E-state index contributed by atoms with van der Waals surface area (Å²) in [5, 5.41) is 28.3. The number of aromatic nitrogens is 3. The Morgan fingerprint density at radius 3 is 2.54 bits per heavy atom. The summed E-state index contributed by atoms with van der Waals surface area (Å²) in [6, 6.07) is 5.30. The lowest BCUT2D eigenvalue weighted by Crippen LogP contribution is -2.54. The van der Waals surface area contributed by atoms with Gasteiger partial charge in [0.15, 0.2) is 5.82 Å². The molecule has 0 radical (unpaired) electrons. The number of likely N-dealkylation sites (tertiary alicyclic amines) is 1. The van der Waals surface area contributed by atoms with Gasteiger partial charge in [-0.05, 0) is 68.2 Å². The van der Waals surface area contributed by atoms with Gasteiger partial charge in [0.05, 0.1) is 23.7 Å². The van der Waals surface area contributed by atoms with Gasteiger partial charge in [-0.2, -0.15) is 9.97 Å². The monoisotopic (exact) mass is 810 g/mol. The number of terminal acetylenes is 1. The molecule has 3 aliphatic heterocycles. The van der Waals surface area contributed by atoms with Gasteiger partial charge in [-0.1, -0.05) is 32.8 Å². The molecule has 2 aromatic heterocycles. The highest BCUT2D eigenvalue weighted by Crippen LogP contribution is 2.47. The Bertz CT molecular complexity index is 2330. The number of nitrogens with one attached hydrogen (secondary N) is 2. The first-order valence-corrected chi connectivity index (χ1v) is 20.5. The molecule has 4 unspecified atom stereocenters. The molecule has 1 saturated carbocycles. The van der Waals surface area contributed by atoms with E-state index >= 15 is 4.39 Å². The standard InChI is InChI=1S/C44H52F2N8O5/c1-6-30-33(45)10-7-25-17-29(56)18-31(35(25)30)37-36(46)38-32(19-47-37)40(54-20-26-8-9-27(21-54)48-26)51-42(50-38)59-24-44(13-14-44)23-52(5)15-12-34(57)49-39(43(2,3)4)41(58)53-16-11-28(55)22-53/h1,7,10,17-19,26-28,39,48,55-56H,8-9,11-16,20-24H2,2-5H3,(H,49,57). The number of pyridine rings is 1. The second-order valence-electron chi connectivity index (χ2n) is 18.1. The highest BCUT2D eigenvalue weighted by molar-refractivity contribution is 6.03. The van der Waals surface area contributed by atoms with E-state index in [0.29, 0.717) is 55.7 Å². The molecular weight excluding hydrogens is 759 g/mol. The van der Waals surface area contributed by atoms with E-state index in [9.17, 15) is 24.2 Å². The summed E-state index contributed by atoms with van der Waals surface area (Å²) in [6.45, 7) is 9.19. The lowest BCUT2D eigenvalue weighted by molar-refractivity contribution is -0.139. The van der Waals surface area contributed by atoms with Crippen molar-refractivity contribution in [3.63, 3.8) is 0 Å². The number of aromatic hydroxyl groups is 1. The number of halogens is 2. The van der Waals surface area contributed by atoms with Crippen molar-refractivity contribution in [2.45, 2.75) is 83.5 Å². The second kappa shape index (κ2) is 15.8. The number of phenols is 1. The van der Waals surface area contributed by atoms with Crippen LogP contribution in [0.1, 0.15) is 64.9 Å². The molecule has 13 nitrogen and oxygen atoms in total. The number of anilines is 1. The maximum atomic E-state index is 17.0. The summed E-state index contributed by atoms with van der Waals surface area (Å²) in [4.78, 5) is 46.3. The van der Waals surface area contributed by atoms with Crippen LogP contribution in [0.4, 0.5) is 14.6 Å². The molecule has 8 rings (SSSR count). The summed E-state index contributed by atoms with van der Waals surface area (Å²) in [5.41, 5.74) is -0.829. The Morgan fingerprint density at radius 2 is 1.88 bits per heavy atom. The van der Waals surface area contributed by atoms with Crippen molar-refractivity contribution >= 4 is 39.3 Å². The first-order valence-electron chi connectivity index (χ1n) is 20.5. The minimum absolute atomic E-state index is 0.0160. The van der Waals surface area contributed by atoms with Crippen LogP contribution in [-0.4, -0.2) is 124 Å². The Labute approximate surface area is 342 Å². The van der Waals surface area contributed by atoms with E-state index in [-0.39, 0.29) is 88.4 Å². The van der Waals surface area contributed by atoms with E-state index in [1.54, 1.807) is 4.90 Å². The van der Waals surface area contributed by atoms with Crippen LogP contribution in [0.25, 0.3) is 32.9 Å². The molecule has 312 valence electrons. The molecule has 4 aliphatic rings. The largest absolute Gasteiger partial charge is 0.508 e. The predicted molar refractivity (Wildman–Crippen MR) is 220 cm³/mol. The smallest absolute Gasteiger partial charge is 0.319 e. The third kappa shape index (κ3) is 8.35. The number of benzene rings is 2. The van der Waals surface area contributed by atoms with Crippen LogP contribution in [0.5, 0.6) is 11.8 Å². The number of β-amino-alcohol motifs (C(OH)–C–C–N with tert-alkyl or cyclic N) is 1. The Morgan fingerprint density at radius 1 is 1.14 bits per heavy atom. The molecule has 4 aromatic rings. The zero-order chi connectivity index (χ0) is 41.8. The fourth-order valence-electron chi connectivity index (χ4n) is 8.93. The average molecular weight is 811 g/mol. The van der Waals surface area contributed by atoms with Crippen LogP contribution in [0.15, 0.2) is 30.5 Å². The summed E-state index contributed by atoms with van der Waals surface area (Å²) in [6.07, 6.45) is 11.2. The number of carbonyl (C=O) groups is 2. The van der Waals surface area contributed by atoms with Crippen molar-refractivity contribution in [1.82, 2.24) is 35.4 Å². The minimum Gasteiger partial charge on any atom is -0.508 e. The number of aliphatic hydroxyl groups is 1. The van der Waals surface area contributed by atoms with Crippen LogP contribution in [0, 0.1) is 34.8 Å². The number of carbonyl (C=O) groups excluding carboxylic acids is 2. The van der Waals surface area contributed by atoms with Crippen molar-refractivity contribution in [3.8, 4) is 35.4 Å². The lowest BCUT2D eigenvalue weighted by atomic mass is 9.85. The Kier molecular flexibility index (Phi) is 10.9. The highest BCUT2D eigenvalue weighted by atomic mass is 19.1. The third-order valence-electron chi connectivity index (χ3n) is 12.3. The molecule has 2 amide bonds. The summed E-state index contributed by atoms with van der Waals surface area (Å²) >= 11 is 0. The lowest BCUT2D eigenvalue weighted by Gasteiger charge is -2.34. The van der Waals surface area contributed by atoms with Gasteiger partial charge in [-0.15, -0.1) is 6.42 Å². The molecule has 0 spiro atoms. The number of aliphatic hydroxyl groups excluding tert-OH is 1. The van der Waals surface area contributed by atoms with Gasteiger partial charge in [-0.3, -0.25) is 14.6 Å². The van der Waals surface area contributed by atoms with E-state index < -0.39 is 29.2 Å². The molecule has 4 atom stereocenters. The SMILES string of the molecule is C#Cc1c(F)ccc2cc(O)cc(-c3ncc4c(N5CC6CCC(C5)N6)nc(OCC5(CN(C)CCC(=O)NC(C(=O)N6CCC(O)C6)C(C)(C)C)CC5)nc4c3F)c12. The molecule has 1 aliphatic carbocycles. The number of hydrogen-bond acceptors (Lipinski definition) is 11. The maximum Gasteiger partial charge on any atom is 0.319 e. The third-order valence-corrected chi connectivity index (χ3v) is 12.3. The van der Waals surface area contributed by atoms with Crippen molar-refractivity contribution in [2.75, 3.05) is 57.8 Å². The fraction of sp³-hybridized carbons (Fsp3) is 0.523. The van der Waals surface area contributed by atoms with Gasteiger partial charge in [0.2, 0.25) is 11.8 Å². The molecule has 59 heavy (non-hydrogen) atoms. The number of amides is 2. The topological polar surface area (TPSA) is 156 Å². The van der Waals surface area contributed by atoms with Crippen molar-refractivity contribution in [1.29, 1.82) is 0 Å². The normalized spacial score (nSPS) is 21.6. The predicted octanol–water partition coefficient (Wildman–Crippen LogP) is 4.36. The average Bonchev–Trinajstić information content (AvgIpc) is 3.67. The van der Waals surface area contributed by atoms with Gasteiger partial charge in [-0.25, -0.2) is 8.78 Å². The number of ether oxygens (including phenoxy) is 1. The molecule has 5 heterocycles. The van der Waals surface area contributed by atoms with E-state index in [4.69, 9.17) is 16.1 Å². The van der Waals surface area contributed by atoms with Gasteiger partial charge in [0.25, 0.3) is 0 Å². The van der Waals surface area contributed by atoms with E-state index in [1.807, 2.05) is 27.8 Å². The van der Waals surface area contributed by atoms with Crippen molar-refractivity contribution in [3.05, 3.63) is 47.7 Å². The minimum atomic E-state index is -0.777. The fourth-order valence-corrected chi connectivity index (χ4v) is 8.93. The van der Waals surface area contributed by atoms with Gasteiger partial charge < -0.3 is 40.3 Å². The van der Waals surface area contributed by atoms with E-state index in [0.717, 1.165) is 25.7 Å². The zero-order valence-electron chi connectivity index (χ0n) is 34.0. The zero-order valence-corrected chi connectivity index (χ0v) is 34.0. The van der Waals surface area contributed by atoms with Crippen LogP contribution in [0.2, 0.25) is 0 Å². The van der Waals surface area contributed by atoms with Crippen LogP contribution in [0.3, 0.4) is 0 Å².